The van der Waals surface area contributed by atoms with E-state index >= 15 is 0 Å². The molecule has 0 fully saturated rings. The normalized spacial score (nSPS) is 11.6. The highest BCUT2D eigenvalue weighted by Crippen LogP contribution is 2.29. The minimum absolute atomic E-state index is 0.0215. The molecular weight excluding hydrogens is 354 g/mol. The largest absolute Gasteiger partial charge is 0.494 e. The summed E-state index contributed by atoms with van der Waals surface area (Å²) in [6, 6.07) is 13.6. The van der Waals surface area contributed by atoms with Gasteiger partial charge in [-0.25, -0.2) is 0 Å². The van der Waals surface area contributed by atoms with Crippen molar-refractivity contribution in [2.75, 3.05) is 19.8 Å². The molecule has 1 N–H and O–H groups in total. The van der Waals surface area contributed by atoms with Crippen molar-refractivity contribution in [3.05, 3.63) is 53.6 Å². The molecule has 2 rings (SSSR count). The Hall–Kier alpha value is -2.69. The molecule has 0 radical (unpaired) electrons. The van der Waals surface area contributed by atoms with Gasteiger partial charge in [0.1, 0.15) is 5.75 Å². The van der Waals surface area contributed by atoms with Crippen molar-refractivity contribution in [1.29, 1.82) is 0 Å². The van der Waals surface area contributed by atoms with Crippen molar-refractivity contribution >= 4 is 5.91 Å². The molecule has 2 aromatic rings. The number of nitrogens with one attached hydrogen (secondary N) is 1. The predicted octanol–water partition coefficient (Wildman–Crippen LogP) is 4.69. The molecule has 1 amide bonds. The molecule has 0 aliphatic rings. The predicted molar refractivity (Wildman–Crippen MR) is 111 cm³/mol. The van der Waals surface area contributed by atoms with Gasteiger partial charge in [0, 0.05) is 6.42 Å². The Bertz CT molecular complexity index is 743. The second-order valence-electron chi connectivity index (χ2n) is 6.44. The van der Waals surface area contributed by atoms with E-state index < -0.39 is 0 Å². The lowest BCUT2D eigenvalue weighted by Crippen LogP contribution is -2.26. The van der Waals surface area contributed by atoms with Crippen LogP contribution in [0.5, 0.6) is 17.2 Å². The Kier molecular flexibility index (Phi) is 8.66. The SMILES string of the molecule is CCOc1ccc(C(C)NC(=O)CCc2ccc(OCC)c(OCC)c2)cc1. The average Bonchev–Trinajstić information content (AvgIpc) is 2.69. The van der Waals surface area contributed by atoms with Gasteiger partial charge >= 0.3 is 0 Å². The first-order chi connectivity index (χ1) is 13.6. The van der Waals surface area contributed by atoms with Crippen molar-refractivity contribution < 1.29 is 19.0 Å². The molecule has 0 saturated heterocycles. The number of carbonyl (C=O) groups excluding carboxylic acids is 1. The second-order valence-corrected chi connectivity index (χ2v) is 6.44. The van der Waals surface area contributed by atoms with Crippen LogP contribution >= 0.6 is 0 Å². The Labute approximate surface area is 168 Å². The van der Waals surface area contributed by atoms with Crippen LogP contribution in [0.1, 0.15) is 51.3 Å². The molecule has 152 valence electrons. The van der Waals surface area contributed by atoms with E-state index in [1.54, 1.807) is 0 Å². The van der Waals surface area contributed by atoms with Gasteiger partial charge in [0.2, 0.25) is 5.91 Å². The van der Waals surface area contributed by atoms with Crippen molar-refractivity contribution in [2.24, 2.45) is 0 Å². The lowest BCUT2D eigenvalue weighted by Gasteiger charge is -2.15. The van der Waals surface area contributed by atoms with E-state index in [1.807, 2.05) is 70.2 Å². The topological polar surface area (TPSA) is 56.8 Å². The van der Waals surface area contributed by atoms with E-state index in [0.717, 1.165) is 28.4 Å². The number of benzene rings is 2. The summed E-state index contributed by atoms with van der Waals surface area (Å²) < 4.78 is 16.7. The molecule has 0 heterocycles. The minimum atomic E-state index is -0.0532. The number of ether oxygens (including phenoxy) is 3. The first kappa shape index (κ1) is 21.6. The van der Waals surface area contributed by atoms with Gasteiger partial charge in [-0.1, -0.05) is 18.2 Å². The molecule has 0 aliphatic heterocycles. The van der Waals surface area contributed by atoms with E-state index in [2.05, 4.69) is 5.32 Å². The smallest absolute Gasteiger partial charge is 0.220 e. The standard InChI is InChI=1S/C23H31NO4/c1-5-26-20-12-10-19(11-13-20)17(4)24-23(25)15-9-18-8-14-21(27-6-2)22(16-18)28-7-3/h8,10-14,16-17H,5-7,9,15H2,1-4H3,(H,24,25). The summed E-state index contributed by atoms with van der Waals surface area (Å²) in [4.78, 5) is 12.4. The number of hydrogen-bond acceptors (Lipinski definition) is 4. The highest BCUT2D eigenvalue weighted by atomic mass is 16.5. The number of amides is 1. The van der Waals surface area contributed by atoms with Crippen LogP contribution in [0.2, 0.25) is 0 Å². The highest BCUT2D eigenvalue weighted by molar-refractivity contribution is 5.76. The van der Waals surface area contributed by atoms with Crippen molar-refractivity contribution in [3.63, 3.8) is 0 Å². The third-order valence-electron chi connectivity index (χ3n) is 4.32. The number of carbonyl (C=O) groups is 1. The van der Waals surface area contributed by atoms with Crippen LogP contribution in [-0.4, -0.2) is 25.7 Å². The Morgan fingerprint density at radius 1 is 0.893 bits per heavy atom. The third kappa shape index (κ3) is 6.48. The molecule has 28 heavy (non-hydrogen) atoms. The molecule has 1 atom stereocenters. The molecule has 2 aromatic carbocycles. The van der Waals surface area contributed by atoms with E-state index in [1.165, 1.54) is 0 Å². The lowest BCUT2D eigenvalue weighted by molar-refractivity contribution is -0.121. The van der Waals surface area contributed by atoms with Gasteiger partial charge in [-0.15, -0.1) is 0 Å². The van der Waals surface area contributed by atoms with Gasteiger partial charge in [0.15, 0.2) is 11.5 Å². The zero-order valence-electron chi connectivity index (χ0n) is 17.3. The van der Waals surface area contributed by atoms with E-state index in [9.17, 15) is 4.79 Å². The van der Waals surface area contributed by atoms with E-state index in [0.29, 0.717) is 32.7 Å². The molecule has 0 aromatic heterocycles. The maximum atomic E-state index is 12.4. The Morgan fingerprint density at radius 3 is 2.18 bits per heavy atom. The van der Waals surface area contributed by atoms with Crippen LogP contribution < -0.4 is 19.5 Å². The fraction of sp³-hybridized carbons (Fsp3) is 0.435. The fourth-order valence-corrected chi connectivity index (χ4v) is 2.93. The average molecular weight is 386 g/mol. The zero-order valence-corrected chi connectivity index (χ0v) is 17.3. The summed E-state index contributed by atoms with van der Waals surface area (Å²) in [5.41, 5.74) is 2.10. The quantitative estimate of drug-likeness (QED) is 0.609. The Morgan fingerprint density at radius 2 is 1.54 bits per heavy atom. The maximum absolute atomic E-state index is 12.4. The van der Waals surface area contributed by atoms with Gasteiger partial charge in [-0.05, 0) is 69.5 Å². The highest BCUT2D eigenvalue weighted by Gasteiger charge is 2.11. The van der Waals surface area contributed by atoms with Gasteiger partial charge in [-0.2, -0.15) is 0 Å². The van der Waals surface area contributed by atoms with Gasteiger partial charge in [-0.3, -0.25) is 4.79 Å². The van der Waals surface area contributed by atoms with Crippen molar-refractivity contribution in [2.45, 2.75) is 46.6 Å². The van der Waals surface area contributed by atoms with Crippen LogP contribution in [0.15, 0.2) is 42.5 Å². The molecule has 0 spiro atoms. The molecule has 5 nitrogen and oxygen atoms in total. The summed E-state index contributed by atoms with van der Waals surface area (Å²) in [6.45, 7) is 9.63. The van der Waals surface area contributed by atoms with Gasteiger partial charge in [0.25, 0.3) is 0 Å². The first-order valence-corrected chi connectivity index (χ1v) is 9.98. The molecule has 0 aliphatic carbocycles. The van der Waals surface area contributed by atoms with Crippen LogP contribution in [0.3, 0.4) is 0 Å². The molecule has 0 bridgehead atoms. The Balaban J connectivity index is 1.89. The monoisotopic (exact) mass is 385 g/mol. The summed E-state index contributed by atoms with van der Waals surface area (Å²) in [6.07, 6.45) is 1.06. The first-order valence-electron chi connectivity index (χ1n) is 9.98. The van der Waals surface area contributed by atoms with Crippen LogP contribution in [0, 0.1) is 0 Å². The molecule has 0 saturated carbocycles. The van der Waals surface area contributed by atoms with Crippen molar-refractivity contribution in [1.82, 2.24) is 5.32 Å². The summed E-state index contributed by atoms with van der Waals surface area (Å²) >= 11 is 0. The zero-order chi connectivity index (χ0) is 20.4. The summed E-state index contributed by atoms with van der Waals surface area (Å²) in [7, 11) is 0. The lowest BCUT2D eigenvalue weighted by atomic mass is 10.1. The van der Waals surface area contributed by atoms with Crippen LogP contribution in [-0.2, 0) is 11.2 Å². The number of aryl methyl sites for hydroxylation is 1. The second kappa shape index (κ2) is 11.2. The number of rotatable bonds is 11. The van der Waals surface area contributed by atoms with Crippen LogP contribution in [0.4, 0.5) is 0 Å². The van der Waals surface area contributed by atoms with Gasteiger partial charge < -0.3 is 19.5 Å². The summed E-state index contributed by atoms with van der Waals surface area (Å²) in [5, 5.41) is 3.05. The summed E-state index contributed by atoms with van der Waals surface area (Å²) in [5.74, 6) is 2.32. The van der Waals surface area contributed by atoms with E-state index in [4.69, 9.17) is 14.2 Å². The number of hydrogen-bond donors (Lipinski definition) is 1. The minimum Gasteiger partial charge on any atom is -0.494 e. The molecule has 5 heteroatoms. The maximum Gasteiger partial charge on any atom is 0.220 e. The molecular formula is C23H31NO4. The van der Waals surface area contributed by atoms with Crippen LogP contribution in [0.25, 0.3) is 0 Å². The fourth-order valence-electron chi connectivity index (χ4n) is 2.93. The van der Waals surface area contributed by atoms with E-state index in [-0.39, 0.29) is 11.9 Å². The molecule has 1 unspecified atom stereocenters. The van der Waals surface area contributed by atoms with Crippen molar-refractivity contribution in [3.8, 4) is 17.2 Å². The van der Waals surface area contributed by atoms with Gasteiger partial charge in [0.05, 0.1) is 25.9 Å². The third-order valence-corrected chi connectivity index (χ3v) is 4.32.